The molecule has 19 heavy (non-hydrogen) atoms. The van der Waals surface area contributed by atoms with Crippen LogP contribution in [0.25, 0.3) is 0 Å². The van der Waals surface area contributed by atoms with Crippen LogP contribution in [-0.2, 0) is 16.0 Å². The summed E-state index contributed by atoms with van der Waals surface area (Å²) in [5.41, 5.74) is 0.837. The lowest BCUT2D eigenvalue weighted by Gasteiger charge is -2.39. The fourth-order valence-electron chi connectivity index (χ4n) is 2.22. The van der Waals surface area contributed by atoms with E-state index in [1.54, 1.807) is 36.2 Å². The second-order valence-electron chi connectivity index (χ2n) is 5.01. The third-order valence-corrected chi connectivity index (χ3v) is 3.70. The lowest BCUT2D eigenvalue weighted by molar-refractivity contribution is -0.149. The van der Waals surface area contributed by atoms with E-state index in [1.165, 1.54) is 0 Å². The molecule has 2 rings (SSSR count). The molecule has 5 nitrogen and oxygen atoms in total. The quantitative estimate of drug-likeness (QED) is 0.857. The third-order valence-electron chi connectivity index (χ3n) is 3.70. The summed E-state index contributed by atoms with van der Waals surface area (Å²) in [6.45, 7) is 0. The maximum absolute atomic E-state index is 12.0. The fourth-order valence-corrected chi connectivity index (χ4v) is 2.22. The lowest BCUT2D eigenvalue weighted by atomic mass is 9.79. The molecule has 0 radical (unpaired) electrons. The SMILES string of the molecule is CN(C(=O)Cc1ccc(O)cc1)C1CC(C(=O)O)C1. The van der Waals surface area contributed by atoms with Crippen LogP contribution < -0.4 is 0 Å². The number of carboxylic acid groups (broad SMARTS) is 1. The van der Waals surface area contributed by atoms with Gasteiger partial charge in [-0.3, -0.25) is 9.59 Å². The first-order chi connectivity index (χ1) is 8.97. The molecule has 1 aromatic carbocycles. The summed E-state index contributed by atoms with van der Waals surface area (Å²) in [7, 11) is 1.71. The lowest BCUT2D eigenvalue weighted by Crippen LogP contribution is -2.48. The number of carbonyl (C=O) groups is 2. The first-order valence-corrected chi connectivity index (χ1v) is 6.23. The van der Waals surface area contributed by atoms with E-state index in [1.807, 2.05) is 0 Å². The molecular weight excluding hydrogens is 246 g/mol. The van der Waals surface area contributed by atoms with Gasteiger partial charge in [-0.25, -0.2) is 0 Å². The van der Waals surface area contributed by atoms with Gasteiger partial charge in [0.25, 0.3) is 0 Å². The predicted molar refractivity (Wildman–Crippen MR) is 68.7 cm³/mol. The van der Waals surface area contributed by atoms with E-state index in [2.05, 4.69) is 0 Å². The number of phenolic OH excluding ortho intramolecular Hbond substituents is 1. The van der Waals surface area contributed by atoms with Gasteiger partial charge in [-0.15, -0.1) is 0 Å². The average molecular weight is 263 g/mol. The van der Waals surface area contributed by atoms with Crippen LogP contribution in [0.1, 0.15) is 18.4 Å². The number of nitrogens with zero attached hydrogens (tertiary/aromatic N) is 1. The van der Waals surface area contributed by atoms with Gasteiger partial charge >= 0.3 is 5.97 Å². The van der Waals surface area contributed by atoms with Crippen molar-refractivity contribution in [2.24, 2.45) is 5.92 Å². The van der Waals surface area contributed by atoms with Gasteiger partial charge < -0.3 is 15.1 Å². The smallest absolute Gasteiger partial charge is 0.306 e. The zero-order chi connectivity index (χ0) is 14.0. The first-order valence-electron chi connectivity index (χ1n) is 6.23. The van der Waals surface area contributed by atoms with Crippen molar-refractivity contribution in [1.29, 1.82) is 0 Å². The summed E-state index contributed by atoms with van der Waals surface area (Å²) in [6.07, 6.45) is 1.34. The van der Waals surface area contributed by atoms with Gasteiger partial charge in [-0.1, -0.05) is 12.1 Å². The number of hydrogen-bond acceptors (Lipinski definition) is 3. The van der Waals surface area contributed by atoms with Crippen molar-refractivity contribution in [3.05, 3.63) is 29.8 Å². The molecule has 0 atom stereocenters. The van der Waals surface area contributed by atoms with E-state index in [9.17, 15) is 9.59 Å². The Hall–Kier alpha value is -2.04. The minimum atomic E-state index is -0.782. The number of aromatic hydroxyl groups is 1. The first kappa shape index (κ1) is 13.4. The molecule has 102 valence electrons. The molecule has 1 aliphatic rings. The van der Waals surface area contributed by atoms with Crippen molar-refractivity contribution in [2.75, 3.05) is 7.05 Å². The van der Waals surface area contributed by atoms with Crippen molar-refractivity contribution < 1.29 is 19.8 Å². The van der Waals surface area contributed by atoms with Crippen molar-refractivity contribution in [3.63, 3.8) is 0 Å². The van der Waals surface area contributed by atoms with Gasteiger partial charge in [-0.2, -0.15) is 0 Å². The summed E-state index contributed by atoms with van der Waals surface area (Å²) >= 11 is 0. The Bertz CT molecular complexity index is 477. The summed E-state index contributed by atoms with van der Waals surface area (Å²) in [4.78, 5) is 24.4. The Morgan fingerprint density at radius 1 is 1.26 bits per heavy atom. The zero-order valence-electron chi connectivity index (χ0n) is 10.7. The predicted octanol–water partition coefficient (Wildman–Crippen LogP) is 1.26. The highest BCUT2D eigenvalue weighted by Crippen LogP contribution is 2.31. The van der Waals surface area contributed by atoms with E-state index in [0.717, 1.165) is 5.56 Å². The minimum Gasteiger partial charge on any atom is -0.508 e. The van der Waals surface area contributed by atoms with Crippen LogP contribution >= 0.6 is 0 Å². The maximum Gasteiger partial charge on any atom is 0.306 e. The summed E-state index contributed by atoms with van der Waals surface area (Å²) in [6, 6.07) is 6.55. The number of amides is 1. The van der Waals surface area contributed by atoms with Gasteiger partial charge in [0.2, 0.25) is 5.91 Å². The van der Waals surface area contributed by atoms with E-state index >= 15 is 0 Å². The van der Waals surface area contributed by atoms with E-state index in [4.69, 9.17) is 10.2 Å². The largest absolute Gasteiger partial charge is 0.508 e. The second kappa shape index (κ2) is 5.30. The normalized spacial score (nSPS) is 21.5. The van der Waals surface area contributed by atoms with Crippen LogP contribution in [0.15, 0.2) is 24.3 Å². The van der Waals surface area contributed by atoms with Gasteiger partial charge in [0.1, 0.15) is 5.75 Å². The van der Waals surface area contributed by atoms with Gasteiger partial charge in [0.05, 0.1) is 12.3 Å². The topological polar surface area (TPSA) is 77.8 Å². The number of likely N-dealkylation sites (N-methyl/N-ethyl adjacent to an activating group) is 1. The number of aliphatic carboxylic acids is 1. The number of carbonyl (C=O) groups excluding carboxylic acids is 1. The number of benzene rings is 1. The van der Waals surface area contributed by atoms with E-state index in [0.29, 0.717) is 12.8 Å². The molecule has 0 aliphatic heterocycles. The molecule has 1 saturated carbocycles. The second-order valence-corrected chi connectivity index (χ2v) is 5.01. The Balaban J connectivity index is 1.87. The standard InChI is InChI=1S/C14H17NO4/c1-15(11-7-10(8-11)14(18)19)13(17)6-9-2-4-12(16)5-3-9/h2-5,10-11,16H,6-8H2,1H3,(H,18,19). The molecule has 1 fully saturated rings. The third kappa shape index (κ3) is 3.05. The minimum absolute atomic E-state index is 0.0282. The molecule has 2 N–H and O–H groups in total. The molecule has 5 heteroatoms. The molecule has 1 amide bonds. The monoisotopic (exact) mass is 263 g/mol. The van der Waals surface area contributed by atoms with Crippen molar-refractivity contribution >= 4 is 11.9 Å². The van der Waals surface area contributed by atoms with Crippen molar-refractivity contribution in [3.8, 4) is 5.75 Å². The van der Waals surface area contributed by atoms with Crippen LogP contribution in [-0.4, -0.2) is 40.1 Å². The zero-order valence-corrected chi connectivity index (χ0v) is 10.7. The van der Waals surface area contributed by atoms with Crippen LogP contribution in [0.5, 0.6) is 5.75 Å². The Morgan fingerprint density at radius 3 is 2.37 bits per heavy atom. The summed E-state index contributed by atoms with van der Waals surface area (Å²) in [5, 5.41) is 18.0. The van der Waals surface area contributed by atoms with Crippen LogP contribution in [0.4, 0.5) is 0 Å². The van der Waals surface area contributed by atoms with Crippen molar-refractivity contribution in [2.45, 2.75) is 25.3 Å². The van der Waals surface area contributed by atoms with Crippen LogP contribution in [0.2, 0.25) is 0 Å². The highest BCUT2D eigenvalue weighted by Gasteiger charge is 2.38. The molecule has 0 saturated heterocycles. The molecule has 0 heterocycles. The van der Waals surface area contributed by atoms with E-state index < -0.39 is 5.97 Å². The van der Waals surface area contributed by atoms with Crippen LogP contribution in [0, 0.1) is 5.92 Å². The molecule has 0 bridgehead atoms. The Kier molecular flexibility index (Phi) is 3.74. The number of hydrogen-bond donors (Lipinski definition) is 2. The molecule has 1 aromatic rings. The number of rotatable bonds is 4. The van der Waals surface area contributed by atoms with Crippen molar-refractivity contribution in [1.82, 2.24) is 4.90 Å². The molecule has 0 unspecified atom stereocenters. The Morgan fingerprint density at radius 2 is 1.84 bits per heavy atom. The maximum atomic E-state index is 12.0. The molecule has 0 spiro atoms. The highest BCUT2D eigenvalue weighted by atomic mass is 16.4. The molecule has 0 aromatic heterocycles. The Labute approximate surface area is 111 Å². The van der Waals surface area contributed by atoms with Gasteiger partial charge in [0, 0.05) is 13.1 Å². The summed E-state index contributed by atoms with van der Waals surface area (Å²) in [5.74, 6) is -0.947. The van der Waals surface area contributed by atoms with E-state index in [-0.39, 0.29) is 30.0 Å². The number of carboxylic acids is 1. The van der Waals surface area contributed by atoms with Gasteiger partial charge in [0.15, 0.2) is 0 Å². The fraction of sp³-hybridized carbons (Fsp3) is 0.429. The summed E-state index contributed by atoms with van der Waals surface area (Å²) < 4.78 is 0. The van der Waals surface area contributed by atoms with Crippen LogP contribution in [0.3, 0.4) is 0 Å². The highest BCUT2D eigenvalue weighted by molar-refractivity contribution is 5.79. The molecular formula is C14H17NO4. The number of phenols is 1. The average Bonchev–Trinajstić information content (AvgIpc) is 2.29. The van der Waals surface area contributed by atoms with Gasteiger partial charge in [-0.05, 0) is 30.5 Å². The molecule has 1 aliphatic carbocycles.